The highest BCUT2D eigenvalue weighted by Crippen LogP contribution is 2.30. The first kappa shape index (κ1) is 15.2. The van der Waals surface area contributed by atoms with Crippen LogP contribution in [0, 0.1) is 11.7 Å². The summed E-state index contributed by atoms with van der Waals surface area (Å²) in [6.45, 7) is 0.418. The molecule has 0 aliphatic heterocycles. The molecule has 1 unspecified atom stereocenters. The zero-order valence-corrected chi connectivity index (χ0v) is 12.0. The van der Waals surface area contributed by atoms with Gasteiger partial charge in [0, 0.05) is 12.6 Å². The van der Waals surface area contributed by atoms with Crippen molar-refractivity contribution in [1.82, 2.24) is 0 Å². The van der Waals surface area contributed by atoms with Crippen molar-refractivity contribution >= 4 is 15.7 Å². The van der Waals surface area contributed by atoms with Gasteiger partial charge >= 0.3 is 0 Å². The lowest BCUT2D eigenvalue weighted by atomic mass is 9.98. The molecule has 1 fully saturated rings. The highest BCUT2D eigenvalue weighted by Gasteiger charge is 2.24. The van der Waals surface area contributed by atoms with Crippen LogP contribution in [0.25, 0.3) is 0 Å². The second kappa shape index (κ2) is 6.07. The van der Waals surface area contributed by atoms with Gasteiger partial charge in [0.2, 0.25) is 10.0 Å². The Labute approximate surface area is 118 Å². The standard InChI is InChI=1S/C13H20FN3O2S/c14-11-7-10(20(16,18)19)5-6-12(11)17-13(8-15)9-3-1-2-4-9/h5-7,9,13,17H,1-4,8,15H2,(H2,16,18,19). The third-order valence-electron chi connectivity index (χ3n) is 3.83. The van der Waals surface area contributed by atoms with Gasteiger partial charge in [-0.05, 0) is 37.0 Å². The van der Waals surface area contributed by atoms with Gasteiger partial charge in [-0.25, -0.2) is 17.9 Å². The smallest absolute Gasteiger partial charge is 0.238 e. The van der Waals surface area contributed by atoms with Gasteiger partial charge in [-0.1, -0.05) is 12.8 Å². The monoisotopic (exact) mass is 301 g/mol. The van der Waals surface area contributed by atoms with Crippen LogP contribution in [0.5, 0.6) is 0 Å². The molecule has 0 saturated heterocycles. The largest absolute Gasteiger partial charge is 0.378 e. The van der Waals surface area contributed by atoms with Gasteiger partial charge in [0.25, 0.3) is 0 Å². The molecule has 0 aromatic heterocycles. The molecule has 5 N–H and O–H groups in total. The quantitative estimate of drug-likeness (QED) is 0.765. The molecule has 1 aliphatic rings. The fourth-order valence-corrected chi connectivity index (χ4v) is 3.24. The number of benzene rings is 1. The minimum absolute atomic E-state index is 0.00679. The summed E-state index contributed by atoms with van der Waals surface area (Å²) in [4.78, 5) is -0.231. The summed E-state index contributed by atoms with van der Waals surface area (Å²) in [7, 11) is -3.88. The average Bonchev–Trinajstić information content (AvgIpc) is 2.90. The molecular formula is C13H20FN3O2S. The first-order chi connectivity index (χ1) is 9.41. The Morgan fingerprint density at radius 2 is 2.00 bits per heavy atom. The zero-order valence-electron chi connectivity index (χ0n) is 11.2. The lowest BCUT2D eigenvalue weighted by molar-refractivity contribution is 0.460. The lowest BCUT2D eigenvalue weighted by Gasteiger charge is -2.24. The van der Waals surface area contributed by atoms with Gasteiger partial charge in [-0.15, -0.1) is 0 Å². The number of primary sulfonamides is 1. The van der Waals surface area contributed by atoms with E-state index in [0.717, 1.165) is 18.9 Å². The van der Waals surface area contributed by atoms with Crippen LogP contribution in [-0.4, -0.2) is 21.0 Å². The van der Waals surface area contributed by atoms with Crippen LogP contribution < -0.4 is 16.2 Å². The van der Waals surface area contributed by atoms with E-state index in [4.69, 9.17) is 10.9 Å². The number of sulfonamides is 1. The van der Waals surface area contributed by atoms with Crippen molar-refractivity contribution in [3.05, 3.63) is 24.0 Å². The van der Waals surface area contributed by atoms with E-state index in [-0.39, 0.29) is 16.6 Å². The Balaban J connectivity index is 2.16. The van der Waals surface area contributed by atoms with Gasteiger partial charge in [0.05, 0.1) is 10.6 Å². The number of hydrogen-bond donors (Lipinski definition) is 3. The fourth-order valence-electron chi connectivity index (χ4n) is 2.72. The van der Waals surface area contributed by atoms with Gasteiger partial charge in [0.1, 0.15) is 5.82 Å². The average molecular weight is 301 g/mol. The summed E-state index contributed by atoms with van der Waals surface area (Å²) in [5, 5.41) is 8.05. The van der Waals surface area contributed by atoms with E-state index < -0.39 is 15.8 Å². The third kappa shape index (κ3) is 3.47. The molecule has 20 heavy (non-hydrogen) atoms. The van der Waals surface area contributed by atoms with E-state index >= 15 is 0 Å². The minimum atomic E-state index is -3.88. The maximum Gasteiger partial charge on any atom is 0.238 e. The molecule has 112 valence electrons. The molecule has 0 heterocycles. The van der Waals surface area contributed by atoms with Crippen LogP contribution in [0.3, 0.4) is 0 Å². The molecule has 0 amide bonds. The van der Waals surface area contributed by atoms with Crippen LogP contribution >= 0.6 is 0 Å². The molecule has 5 nitrogen and oxygen atoms in total. The van der Waals surface area contributed by atoms with Gasteiger partial charge < -0.3 is 11.1 Å². The van der Waals surface area contributed by atoms with Crippen LogP contribution in [0.4, 0.5) is 10.1 Å². The zero-order chi connectivity index (χ0) is 14.8. The number of anilines is 1. The molecule has 2 rings (SSSR count). The topological polar surface area (TPSA) is 98.2 Å². The molecule has 1 saturated carbocycles. The second-order valence-electron chi connectivity index (χ2n) is 5.22. The van der Waals surface area contributed by atoms with E-state index in [2.05, 4.69) is 5.32 Å². The first-order valence-electron chi connectivity index (χ1n) is 6.71. The Morgan fingerprint density at radius 1 is 1.35 bits per heavy atom. The van der Waals surface area contributed by atoms with Crippen molar-refractivity contribution in [3.8, 4) is 0 Å². The van der Waals surface area contributed by atoms with Crippen molar-refractivity contribution in [3.63, 3.8) is 0 Å². The summed E-state index contributed by atoms with van der Waals surface area (Å²) in [5.74, 6) is -0.190. The Kier molecular flexibility index (Phi) is 4.62. The number of rotatable bonds is 5. The predicted octanol–water partition coefficient (Wildman–Crippen LogP) is 1.40. The molecule has 0 bridgehead atoms. The summed E-state index contributed by atoms with van der Waals surface area (Å²) in [6, 6.07) is 3.63. The van der Waals surface area contributed by atoms with Crippen molar-refractivity contribution in [2.75, 3.05) is 11.9 Å². The Morgan fingerprint density at radius 3 is 2.50 bits per heavy atom. The normalized spacial score (nSPS) is 18.1. The molecule has 0 radical (unpaired) electrons. The summed E-state index contributed by atoms with van der Waals surface area (Å²) in [6.07, 6.45) is 4.53. The summed E-state index contributed by atoms with van der Waals surface area (Å²) >= 11 is 0. The van der Waals surface area contributed by atoms with E-state index in [1.54, 1.807) is 0 Å². The maximum absolute atomic E-state index is 13.9. The van der Waals surface area contributed by atoms with Gasteiger partial charge in [-0.3, -0.25) is 0 Å². The van der Waals surface area contributed by atoms with Crippen molar-refractivity contribution in [2.24, 2.45) is 16.8 Å². The maximum atomic E-state index is 13.9. The fraction of sp³-hybridized carbons (Fsp3) is 0.538. The van der Waals surface area contributed by atoms with Crippen LogP contribution in [0.1, 0.15) is 25.7 Å². The van der Waals surface area contributed by atoms with Gasteiger partial charge in [-0.2, -0.15) is 0 Å². The first-order valence-corrected chi connectivity index (χ1v) is 8.25. The number of nitrogens with one attached hydrogen (secondary N) is 1. The van der Waals surface area contributed by atoms with E-state index in [1.807, 2.05) is 0 Å². The number of halogens is 1. The SMILES string of the molecule is NCC(Nc1ccc(S(N)(=O)=O)cc1F)C1CCCC1. The lowest BCUT2D eigenvalue weighted by Crippen LogP contribution is -2.35. The highest BCUT2D eigenvalue weighted by molar-refractivity contribution is 7.89. The van der Waals surface area contributed by atoms with Crippen molar-refractivity contribution in [2.45, 2.75) is 36.6 Å². The Hall–Kier alpha value is -1.18. The van der Waals surface area contributed by atoms with Crippen molar-refractivity contribution < 1.29 is 12.8 Å². The molecule has 1 aromatic carbocycles. The van der Waals surface area contributed by atoms with E-state index in [9.17, 15) is 12.8 Å². The minimum Gasteiger partial charge on any atom is -0.378 e. The third-order valence-corrected chi connectivity index (χ3v) is 4.74. The Bertz CT molecular complexity index is 571. The van der Waals surface area contributed by atoms with Crippen LogP contribution in [0.2, 0.25) is 0 Å². The molecule has 0 spiro atoms. The molecule has 1 aromatic rings. The van der Waals surface area contributed by atoms with Crippen LogP contribution in [0.15, 0.2) is 23.1 Å². The summed E-state index contributed by atoms with van der Waals surface area (Å²) < 4.78 is 36.2. The molecule has 1 atom stereocenters. The van der Waals surface area contributed by atoms with Crippen molar-refractivity contribution in [1.29, 1.82) is 0 Å². The van der Waals surface area contributed by atoms with Gasteiger partial charge in [0.15, 0.2) is 0 Å². The van der Waals surface area contributed by atoms with E-state index in [1.165, 1.54) is 25.0 Å². The molecule has 7 heteroatoms. The second-order valence-corrected chi connectivity index (χ2v) is 6.78. The van der Waals surface area contributed by atoms with Crippen LogP contribution in [-0.2, 0) is 10.0 Å². The number of hydrogen-bond acceptors (Lipinski definition) is 4. The summed E-state index contributed by atoms with van der Waals surface area (Å²) in [5.41, 5.74) is 6.01. The molecular weight excluding hydrogens is 281 g/mol. The molecule has 1 aliphatic carbocycles. The van der Waals surface area contributed by atoms with E-state index in [0.29, 0.717) is 12.5 Å². The number of nitrogens with two attached hydrogens (primary N) is 2. The highest BCUT2D eigenvalue weighted by atomic mass is 32.2. The predicted molar refractivity (Wildman–Crippen MR) is 76.2 cm³/mol.